The number of amides is 1. The molecule has 2 N–H and O–H groups in total. The Kier molecular flexibility index (Phi) is 6.04. The predicted molar refractivity (Wildman–Crippen MR) is 71.0 cm³/mol. The highest BCUT2D eigenvalue weighted by atomic mass is 35.5. The van der Waals surface area contributed by atoms with Crippen molar-refractivity contribution in [2.75, 3.05) is 32.8 Å². The lowest BCUT2D eigenvalue weighted by Gasteiger charge is -2.26. The van der Waals surface area contributed by atoms with Crippen LogP contribution >= 0.6 is 12.4 Å². The van der Waals surface area contributed by atoms with Gasteiger partial charge in [-0.25, -0.2) is 0 Å². The fourth-order valence-corrected chi connectivity index (χ4v) is 1.95. The molecule has 0 bridgehead atoms. The lowest BCUT2D eigenvalue weighted by Crippen LogP contribution is -2.37. The Balaban J connectivity index is 0.00000162. The molecule has 100 valence electrons. The van der Waals surface area contributed by atoms with Gasteiger partial charge in [0.05, 0.1) is 24.5 Å². The number of nitrogens with two attached hydrogens (primary N) is 1. The van der Waals surface area contributed by atoms with E-state index in [0.717, 1.165) is 45.0 Å². The summed E-state index contributed by atoms with van der Waals surface area (Å²) in [5.74, 6) is -0.407. The number of hydrogen-bond donors (Lipinski definition) is 1. The number of ether oxygens (including phenoxy) is 1. The molecule has 0 aliphatic carbocycles. The second kappa shape index (κ2) is 7.31. The van der Waals surface area contributed by atoms with E-state index in [-0.39, 0.29) is 12.4 Å². The molecule has 2 rings (SSSR count). The summed E-state index contributed by atoms with van der Waals surface area (Å²) in [5, 5.41) is 0. The summed E-state index contributed by atoms with van der Waals surface area (Å²) in [6, 6.07) is 3.46. The average molecular weight is 272 g/mol. The van der Waals surface area contributed by atoms with E-state index in [0.29, 0.717) is 5.56 Å². The maximum absolute atomic E-state index is 11.2. The zero-order chi connectivity index (χ0) is 12.1. The Labute approximate surface area is 113 Å². The molecule has 2 heterocycles. The normalized spacial score (nSPS) is 16.0. The van der Waals surface area contributed by atoms with E-state index in [4.69, 9.17) is 10.5 Å². The van der Waals surface area contributed by atoms with Gasteiger partial charge in [0, 0.05) is 32.3 Å². The molecule has 1 aromatic heterocycles. The van der Waals surface area contributed by atoms with Crippen molar-refractivity contribution < 1.29 is 9.53 Å². The van der Waals surface area contributed by atoms with Crippen LogP contribution in [0.4, 0.5) is 0 Å². The summed E-state index contributed by atoms with van der Waals surface area (Å²) in [6.07, 6.45) is 2.44. The van der Waals surface area contributed by atoms with Crippen molar-refractivity contribution in [3.8, 4) is 0 Å². The van der Waals surface area contributed by atoms with Crippen LogP contribution in [0, 0.1) is 0 Å². The number of pyridine rings is 1. The number of carbonyl (C=O) groups is 1. The van der Waals surface area contributed by atoms with E-state index < -0.39 is 5.91 Å². The Morgan fingerprint density at radius 2 is 2.17 bits per heavy atom. The van der Waals surface area contributed by atoms with Gasteiger partial charge in [-0.3, -0.25) is 14.7 Å². The summed E-state index contributed by atoms with van der Waals surface area (Å²) in [5.41, 5.74) is 6.62. The number of nitrogens with zero attached hydrogens (tertiary/aromatic N) is 2. The SMILES string of the molecule is Cl.NC(=O)c1cccnc1CCN1CCOCC1. The largest absolute Gasteiger partial charge is 0.379 e. The third-order valence-corrected chi connectivity index (χ3v) is 2.92. The minimum Gasteiger partial charge on any atom is -0.379 e. The Morgan fingerprint density at radius 3 is 2.83 bits per heavy atom. The zero-order valence-corrected chi connectivity index (χ0v) is 11.0. The first-order chi connectivity index (χ1) is 8.27. The second-order valence-corrected chi connectivity index (χ2v) is 4.07. The van der Waals surface area contributed by atoms with Crippen molar-refractivity contribution in [3.05, 3.63) is 29.6 Å². The van der Waals surface area contributed by atoms with Gasteiger partial charge in [0.2, 0.25) is 0 Å². The molecular formula is C12H18ClN3O2. The van der Waals surface area contributed by atoms with Crippen LogP contribution in [0.5, 0.6) is 0 Å². The molecule has 5 nitrogen and oxygen atoms in total. The molecule has 0 atom stereocenters. The fourth-order valence-electron chi connectivity index (χ4n) is 1.95. The molecule has 6 heteroatoms. The first kappa shape index (κ1) is 14.9. The van der Waals surface area contributed by atoms with Crippen molar-refractivity contribution >= 4 is 18.3 Å². The van der Waals surface area contributed by atoms with Crippen molar-refractivity contribution in [1.82, 2.24) is 9.88 Å². The molecule has 18 heavy (non-hydrogen) atoms. The highest BCUT2D eigenvalue weighted by Crippen LogP contribution is 2.07. The van der Waals surface area contributed by atoms with Crippen LogP contribution in [-0.4, -0.2) is 48.6 Å². The van der Waals surface area contributed by atoms with E-state index in [9.17, 15) is 4.79 Å². The fraction of sp³-hybridized carbons (Fsp3) is 0.500. The number of hydrogen-bond acceptors (Lipinski definition) is 4. The maximum atomic E-state index is 11.2. The molecule has 1 aliphatic heterocycles. The van der Waals surface area contributed by atoms with Gasteiger partial charge >= 0.3 is 0 Å². The van der Waals surface area contributed by atoms with E-state index in [1.165, 1.54) is 0 Å². The number of primary amides is 1. The number of carbonyl (C=O) groups excluding carboxylic acids is 1. The monoisotopic (exact) mass is 271 g/mol. The Hall–Kier alpha value is -1.17. The molecule has 1 aliphatic rings. The summed E-state index contributed by atoms with van der Waals surface area (Å²) in [6.45, 7) is 4.34. The van der Waals surface area contributed by atoms with Crippen LogP contribution in [0.25, 0.3) is 0 Å². The topological polar surface area (TPSA) is 68.5 Å². The molecule has 1 fully saturated rings. The lowest BCUT2D eigenvalue weighted by molar-refractivity contribution is 0.0383. The first-order valence-electron chi connectivity index (χ1n) is 5.81. The summed E-state index contributed by atoms with van der Waals surface area (Å²) < 4.78 is 5.28. The molecule has 0 aromatic carbocycles. The van der Waals surface area contributed by atoms with Crippen LogP contribution in [0.2, 0.25) is 0 Å². The van der Waals surface area contributed by atoms with E-state index in [1.54, 1.807) is 18.3 Å². The van der Waals surface area contributed by atoms with Crippen LogP contribution in [0.1, 0.15) is 16.1 Å². The zero-order valence-electron chi connectivity index (χ0n) is 10.2. The van der Waals surface area contributed by atoms with E-state index >= 15 is 0 Å². The van der Waals surface area contributed by atoms with Gasteiger partial charge < -0.3 is 10.5 Å². The van der Waals surface area contributed by atoms with Gasteiger partial charge in [-0.2, -0.15) is 0 Å². The minimum absolute atomic E-state index is 0. The molecule has 1 amide bonds. The smallest absolute Gasteiger partial charge is 0.250 e. The summed E-state index contributed by atoms with van der Waals surface area (Å²) >= 11 is 0. The highest BCUT2D eigenvalue weighted by molar-refractivity contribution is 5.93. The third-order valence-electron chi connectivity index (χ3n) is 2.92. The third kappa shape index (κ3) is 3.94. The van der Waals surface area contributed by atoms with Gasteiger partial charge in [0.25, 0.3) is 5.91 Å². The van der Waals surface area contributed by atoms with E-state index in [1.807, 2.05) is 0 Å². The van der Waals surface area contributed by atoms with Gasteiger partial charge in [-0.1, -0.05) is 0 Å². The Morgan fingerprint density at radius 1 is 1.44 bits per heavy atom. The van der Waals surface area contributed by atoms with Crippen molar-refractivity contribution in [2.24, 2.45) is 5.73 Å². The van der Waals surface area contributed by atoms with Crippen LogP contribution < -0.4 is 5.73 Å². The molecular weight excluding hydrogens is 254 g/mol. The number of rotatable bonds is 4. The molecule has 0 unspecified atom stereocenters. The van der Waals surface area contributed by atoms with Gasteiger partial charge in [0.15, 0.2) is 0 Å². The average Bonchev–Trinajstić information content (AvgIpc) is 2.38. The van der Waals surface area contributed by atoms with Crippen LogP contribution in [0.3, 0.4) is 0 Å². The van der Waals surface area contributed by atoms with Crippen LogP contribution in [-0.2, 0) is 11.2 Å². The lowest BCUT2D eigenvalue weighted by atomic mass is 10.1. The van der Waals surface area contributed by atoms with Gasteiger partial charge in [-0.15, -0.1) is 12.4 Å². The summed E-state index contributed by atoms with van der Waals surface area (Å²) in [7, 11) is 0. The molecule has 0 radical (unpaired) electrons. The van der Waals surface area contributed by atoms with Crippen molar-refractivity contribution in [2.45, 2.75) is 6.42 Å². The molecule has 1 aromatic rings. The molecule has 0 saturated carbocycles. The van der Waals surface area contributed by atoms with E-state index in [2.05, 4.69) is 9.88 Å². The minimum atomic E-state index is -0.407. The maximum Gasteiger partial charge on any atom is 0.250 e. The van der Waals surface area contributed by atoms with Gasteiger partial charge in [0.1, 0.15) is 0 Å². The Bertz CT molecular complexity index is 395. The highest BCUT2D eigenvalue weighted by Gasteiger charge is 2.13. The first-order valence-corrected chi connectivity index (χ1v) is 5.81. The quantitative estimate of drug-likeness (QED) is 0.865. The second-order valence-electron chi connectivity index (χ2n) is 4.07. The number of morpholine rings is 1. The number of halogens is 1. The van der Waals surface area contributed by atoms with Crippen molar-refractivity contribution in [1.29, 1.82) is 0 Å². The standard InChI is InChI=1S/C12H17N3O2.ClH/c13-12(16)10-2-1-4-14-11(10)3-5-15-6-8-17-9-7-15;/h1-2,4H,3,5-9H2,(H2,13,16);1H. The van der Waals surface area contributed by atoms with Crippen LogP contribution in [0.15, 0.2) is 18.3 Å². The molecule has 0 spiro atoms. The van der Waals surface area contributed by atoms with Crippen molar-refractivity contribution in [3.63, 3.8) is 0 Å². The van der Waals surface area contributed by atoms with Gasteiger partial charge in [-0.05, 0) is 12.1 Å². The number of aromatic nitrogens is 1. The molecule has 1 saturated heterocycles. The predicted octanol–water partition coefficient (Wildman–Crippen LogP) is 0.477. The summed E-state index contributed by atoms with van der Waals surface area (Å²) in [4.78, 5) is 17.8.